The molecule has 1 fully saturated rings. The summed E-state index contributed by atoms with van der Waals surface area (Å²) in [6.45, 7) is 5.45. The smallest absolute Gasteiger partial charge is 0.232 e. The van der Waals surface area contributed by atoms with Crippen LogP contribution >= 0.6 is 0 Å². The number of hydrogen-bond acceptors (Lipinski definition) is 5. The van der Waals surface area contributed by atoms with Gasteiger partial charge in [-0.15, -0.1) is 0 Å². The van der Waals surface area contributed by atoms with E-state index < -0.39 is 5.82 Å². The van der Waals surface area contributed by atoms with Crippen LogP contribution in [0.25, 0.3) is 0 Å². The van der Waals surface area contributed by atoms with Crippen molar-refractivity contribution in [3.05, 3.63) is 41.3 Å². The minimum atomic E-state index is -0.392. The van der Waals surface area contributed by atoms with Crippen molar-refractivity contribution in [3.63, 3.8) is 0 Å². The van der Waals surface area contributed by atoms with Gasteiger partial charge in [-0.05, 0) is 38.0 Å². The number of hydrogen-bond donors (Lipinski definition) is 0. The lowest BCUT2D eigenvalue weighted by atomic mass is 10.1. The molecule has 1 saturated heterocycles. The summed E-state index contributed by atoms with van der Waals surface area (Å²) in [4.78, 5) is 18.1. The first-order chi connectivity index (χ1) is 12.1. The first-order valence-corrected chi connectivity index (χ1v) is 8.55. The fraction of sp³-hybridized carbons (Fsp3) is 0.500. The molecule has 1 atom stereocenters. The van der Waals surface area contributed by atoms with Gasteiger partial charge in [0.1, 0.15) is 5.82 Å². The molecule has 7 heteroatoms. The largest absolute Gasteiger partial charge is 0.382 e. The highest BCUT2D eigenvalue weighted by Gasteiger charge is 2.36. The molecule has 1 aliphatic heterocycles. The molecule has 1 aromatic carbocycles. The molecule has 0 radical (unpaired) electrons. The van der Waals surface area contributed by atoms with Crippen molar-refractivity contribution in [3.8, 4) is 0 Å². The number of halogens is 1. The topological polar surface area (TPSA) is 68.5 Å². The Morgan fingerprint density at radius 1 is 1.44 bits per heavy atom. The molecule has 2 heterocycles. The SMILES string of the molecule is CCOCCCc1noc([C@H]2CC(=O)N(c3ccc(C)cc3F)C2)n1. The summed E-state index contributed by atoms with van der Waals surface area (Å²) in [6, 6.07) is 4.86. The van der Waals surface area contributed by atoms with Crippen LogP contribution in [0.1, 0.15) is 43.0 Å². The average Bonchev–Trinajstić information content (AvgIpc) is 3.19. The number of rotatable bonds is 7. The summed E-state index contributed by atoms with van der Waals surface area (Å²) in [5, 5.41) is 3.96. The first-order valence-electron chi connectivity index (χ1n) is 8.55. The van der Waals surface area contributed by atoms with Gasteiger partial charge < -0.3 is 14.2 Å². The van der Waals surface area contributed by atoms with Gasteiger partial charge in [0.15, 0.2) is 5.82 Å². The fourth-order valence-electron chi connectivity index (χ4n) is 2.95. The summed E-state index contributed by atoms with van der Waals surface area (Å²) in [6.07, 6.45) is 1.73. The molecule has 1 amide bonds. The Morgan fingerprint density at radius 2 is 2.28 bits per heavy atom. The van der Waals surface area contributed by atoms with Gasteiger partial charge in [0.2, 0.25) is 11.8 Å². The molecule has 3 rings (SSSR count). The molecule has 0 unspecified atom stereocenters. The zero-order valence-corrected chi connectivity index (χ0v) is 14.5. The minimum absolute atomic E-state index is 0.135. The van der Waals surface area contributed by atoms with E-state index in [2.05, 4.69) is 10.1 Å². The van der Waals surface area contributed by atoms with Crippen LogP contribution in [0.15, 0.2) is 22.7 Å². The van der Waals surface area contributed by atoms with Crippen molar-refractivity contribution in [2.24, 2.45) is 0 Å². The van der Waals surface area contributed by atoms with E-state index in [4.69, 9.17) is 9.26 Å². The first kappa shape index (κ1) is 17.5. The summed E-state index contributed by atoms with van der Waals surface area (Å²) < 4.78 is 24.8. The normalized spacial score (nSPS) is 17.5. The number of amides is 1. The number of carbonyl (C=O) groups is 1. The fourth-order valence-corrected chi connectivity index (χ4v) is 2.95. The van der Waals surface area contributed by atoms with Crippen LogP contribution in [0.3, 0.4) is 0 Å². The quantitative estimate of drug-likeness (QED) is 0.720. The van der Waals surface area contributed by atoms with Crippen LogP contribution in [-0.2, 0) is 16.0 Å². The molecular formula is C18H22FN3O3. The molecule has 0 aliphatic carbocycles. The lowest BCUT2D eigenvalue weighted by molar-refractivity contribution is -0.117. The molecule has 134 valence electrons. The lowest BCUT2D eigenvalue weighted by Gasteiger charge is -2.17. The van der Waals surface area contributed by atoms with E-state index in [9.17, 15) is 9.18 Å². The molecule has 6 nitrogen and oxygen atoms in total. The van der Waals surface area contributed by atoms with Crippen LogP contribution in [0.2, 0.25) is 0 Å². The van der Waals surface area contributed by atoms with E-state index >= 15 is 0 Å². The van der Waals surface area contributed by atoms with Crippen molar-refractivity contribution >= 4 is 11.6 Å². The third-order valence-electron chi connectivity index (χ3n) is 4.25. The van der Waals surface area contributed by atoms with Crippen molar-refractivity contribution < 1.29 is 18.4 Å². The summed E-state index contributed by atoms with van der Waals surface area (Å²) in [7, 11) is 0. The van der Waals surface area contributed by atoms with E-state index in [-0.39, 0.29) is 18.2 Å². The zero-order valence-electron chi connectivity index (χ0n) is 14.5. The minimum Gasteiger partial charge on any atom is -0.382 e. The van der Waals surface area contributed by atoms with Crippen LogP contribution in [0.5, 0.6) is 0 Å². The second-order valence-electron chi connectivity index (χ2n) is 6.21. The molecule has 25 heavy (non-hydrogen) atoms. The van der Waals surface area contributed by atoms with Crippen molar-refractivity contribution in [2.75, 3.05) is 24.7 Å². The van der Waals surface area contributed by atoms with Crippen LogP contribution < -0.4 is 4.90 Å². The Labute approximate surface area is 146 Å². The predicted octanol–water partition coefficient (Wildman–Crippen LogP) is 3.01. The summed E-state index contributed by atoms with van der Waals surface area (Å²) in [5.41, 5.74) is 1.12. The van der Waals surface area contributed by atoms with E-state index in [1.54, 1.807) is 12.1 Å². The molecule has 2 aromatic rings. The number of aryl methyl sites for hydroxylation is 2. The predicted molar refractivity (Wildman–Crippen MR) is 90.0 cm³/mol. The third kappa shape index (κ3) is 4.04. The Morgan fingerprint density at radius 3 is 3.04 bits per heavy atom. The highest BCUT2D eigenvalue weighted by molar-refractivity contribution is 5.96. The van der Waals surface area contributed by atoms with Gasteiger partial charge in [0.25, 0.3) is 0 Å². The zero-order chi connectivity index (χ0) is 17.8. The van der Waals surface area contributed by atoms with Gasteiger partial charge in [-0.25, -0.2) is 4.39 Å². The van der Waals surface area contributed by atoms with E-state index in [0.717, 1.165) is 12.0 Å². The maximum Gasteiger partial charge on any atom is 0.232 e. The van der Waals surface area contributed by atoms with Crippen LogP contribution in [0.4, 0.5) is 10.1 Å². The van der Waals surface area contributed by atoms with Gasteiger partial charge in [0, 0.05) is 32.6 Å². The molecule has 0 spiro atoms. The lowest BCUT2D eigenvalue weighted by Crippen LogP contribution is -2.25. The van der Waals surface area contributed by atoms with Crippen LogP contribution in [0, 0.1) is 12.7 Å². The summed E-state index contributed by atoms with van der Waals surface area (Å²) >= 11 is 0. The maximum atomic E-state index is 14.2. The number of aromatic nitrogens is 2. The highest BCUT2D eigenvalue weighted by Crippen LogP contribution is 2.32. The average molecular weight is 347 g/mol. The molecular weight excluding hydrogens is 325 g/mol. The number of anilines is 1. The third-order valence-corrected chi connectivity index (χ3v) is 4.25. The Kier molecular flexibility index (Phi) is 5.43. The van der Waals surface area contributed by atoms with E-state index in [1.807, 2.05) is 13.8 Å². The number of benzene rings is 1. The van der Waals surface area contributed by atoms with Crippen LogP contribution in [-0.4, -0.2) is 35.8 Å². The Bertz CT molecular complexity index is 747. The molecule has 0 saturated carbocycles. The number of ether oxygens (including phenoxy) is 1. The van der Waals surface area contributed by atoms with Gasteiger partial charge in [0.05, 0.1) is 11.6 Å². The second-order valence-corrected chi connectivity index (χ2v) is 6.21. The second kappa shape index (κ2) is 7.74. The Balaban J connectivity index is 1.65. The number of nitrogens with zero attached hydrogens (tertiary/aromatic N) is 3. The molecule has 1 aromatic heterocycles. The number of carbonyl (C=O) groups excluding carboxylic acids is 1. The van der Waals surface area contributed by atoms with Gasteiger partial charge in [-0.2, -0.15) is 4.98 Å². The van der Waals surface area contributed by atoms with Crippen molar-refractivity contribution in [1.29, 1.82) is 0 Å². The molecule has 0 bridgehead atoms. The van der Waals surface area contributed by atoms with E-state index in [0.29, 0.717) is 43.6 Å². The monoisotopic (exact) mass is 347 g/mol. The van der Waals surface area contributed by atoms with Crippen molar-refractivity contribution in [2.45, 2.75) is 39.0 Å². The van der Waals surface area contributed by atoms with Gasteiger partial charge in [-0.1, -0.05) is 11.2 Å². The molecule has 1 aliphatic rings. The highest BCUT2D eigenvalue weighted by atomic mass is 19.1. The van der Waals surface area contributed by atoms with Crippen molar-refractivity contribution in [1.82, 2.24) is 10.1 Å². The maximum absolute atomic E-state index is 14.2. The van der Waals surface area contributed by atoms with Gasteiger partial charge >= 0.3 is 0 Å². The van der Waals surface area contributed by atoms with E-state index in [1.165, 1.54) is 11.0 Å². The molecule has 0 N–H and O–H groups in total. The summed E-state index contributed by atoms with van der Waals surface area (Å²) in [5.74, 6) is 0.318. The van der Waals surface area contributed by atoms with Gasteiger partial charge in [-0.3, -0.25) is 4.79 Å². The standard InChI is InChI=1S/C18H22FN3O3/c1-3-24-8-4-5-16-20-18(25-21-16)13-10-17(23)22(11-13)15-7-6-12(2)9-14(15)19/h6-7,9,13H,3-5,8,10-11H2,1-2H3/t13-/m0/s1. The Hall–Kier alpha value is -2.28.